The number of aliphatic carboxylic acids is 1. The molecule has 1 fully saturated rings. The Bertz CT molecular complexity index is 450. The zero-order valence-electron chi connectivity index (χ0n) is 8.96. The van der Waals surface area contributed by atoms with Crippen LogP contribution >= 0.6 is 0 Å². The summed E-state index contributed by atoms with van der Waals surface area (Å²) in [7, 11) is 0. The van der Waals surface area contributed by atoms with Gasteiger partial charge in [-0.15, -0.1) is 0 Å². The van der Waals surface area contributed by atoms with Gasteiger partial charge in [0.2, 0.25) is 0 Å². The molecule has 0 aromatic heterocycles. The topological polar surface area (TPSA) is 57.5 Å². The Morgan fingerprint density at radius 2 is 2.06 bits per heavy atom. The number of carboxylic acid groups (broad SMARTS) is 1. The van der Waals surface area contributed by atoms with Gasteiger partial charge in [0.15, 0.2) is 0 Å². The van der Waals surface area contributed by atoms with E-state index in [2.05, 4.69) is 0 Å². The average Bonchev–Trinajstić information content (AvgIpc) is 2.10. The summed E-state index contributed by atoms with van der Waals surface area (Å²) in [4.78, 5) is 11.2. The fraction of sp³-hybridized carbons (Fsp3) is 0.417. The van der Waals surface area contributed by atoms with Crippen LogP contribution in [0.3, 0.4) is 0 Å². The highest BCUT2D eigenvalue weighted by Crippen LogP contribution is 2.46. The summed E-state index contributed by atoms with van der Waals surface area (Å²) in [6, 6.07) is 2.53. The molecule has 1 aromatic carbocycles. The van der Waals surface area contributed by atoms with Gasteiger partial charge in [0.1, 0.15) is 11.6 Å². The standard InChI is InChI=1S/C12H13FO3/c1-7-5-8(14)6-9(10(7)13)12(11(15)16)3-2-4-12/h5-6,14H,2-4H2,1H3,(H,15,16). The second-order valence-corrected chi connectivity index (χ2v) is 4.37. The second-order valence-electron chi connectivity index (χ2n) is 4.37. The molecule has 1 aromatic rings. The van der Waals surface area contributed by atoms with Gasteiger partial charge in [-0.2, -0.15) is 0 Å². The first-order chi connectivity index (χ1) is 7.47. The van der Waals surface area contributed by atoms with Gasteiger partial charge in [-0.3, -0.25) is 4.79 Å². The maximum atomic E-state index is 13.9. The minimum absolute atomic E-state index is 0.0820. The first-order valence-corrected chi connectivity index (χ1v) is 5.20. The monoisotopic (exact) mass is 224 g/mol. The Morgan fingerprint density at radius 1 is 1.44 bits per heavy atom. The molecule has 0 amide bonds. The van der Waals surface area contributed by atoms with Gasteiger partial charge in [-0.25, -0.2) is 4.39 Å². The lowest BCUT2D eigenvalue weighted by atomic mass is 9.64. The zero-order chi connectivity index (χ0) is 11.9. The molecule has 16 heavy (non-hydrogen) atoms. The molecule has 4 heteroatoms. The van der Waals surface area contributed by atoms with Crippen molar-refractivity contribution in [2.45, 2.75) is 31.6 Å². The fourth-order valence-electron chi connectivity index (χ4n) is 2.23. The molecule has 0 aliphatic heterocycles. The van der Waals surface area contributed by atoms with E-state index in [0.29, 0.717) is 12.8 Å². The molecule has 0 radical (unpaired) electrons. The lowest BCUT2D eigenvalue weighted by molar-refractivity contribution is -0.147. The summed E-state index contributed by atoms with van der Waals surface area (Å²) < 4.78 is 13.9. The predicted octanol–water partition coefficient (Wildman–Crippen LogP) is 2.35. The van der Waals surface area contributed by atoms with Gasteiger partial charge < -0.3 is 10.2 Å². The molecule has 0 saturated heterocycles. The van der Waals surface area contributed by atoms with Crippen molar-refractivity contribution >= 4 is 5.97 Å². The van der Waals surface area contributed by atoms with E-state index in [1.54, 1.807) is 0 Å². The van der Waals surface area contributed by atoms with Crippen LogP contribution in [-0.4, -0.2) is 16.2 Å². The third kappa shape index (κ3) is 1.37. The lowest BCUT2D eigenvalue weighted by Crippen LogP contribution is -2.43. The molecule has 1 aliphatic carbocycles. The average molecular weight is 224 g/mol. The Balaban J connectivity index is 2.59. The van der Waals surface area contributed by atoms with E-state index < -0.39 is 17.2 Å². The van der Waals surface area contributed by atoms with Crippen molar-refractivity contribution in [2.75, 3.05) is 0 Å². The van der Waals surface area contributed by atoms with Crippen LogP contribution in [0.15, 0.2) is 12.1 Å². The van der Waals surface area contributed by atoms with E-state index in [4.69, 9.17) is 0 Å². The number of aromatic hydroxyl groups is 1. The maximum absolute atomic E-state index is 13.9. The largest absolute Gasteiger partial charge is 0.508 e. The third-order valence-electron chi connectivity index (χ3n) is 3.37. The quantitative estimate of drug-likeness (QED) is 0.810. The number of carboxylic acids is 1. The molecule has 86 valence electrons. The summed E-state index contributed by atoms with van der Waals surface area (Å²) in [5.74, 6) is -1.61. The number of phenolic OH excluding ortho intramolecular Hbond substituents is 1. The minimum Gasteiger partial charge on any atom is -0.508 e. The van der Waals surface area contributed by atoms with Crippen LogP contribution in [0.2, 0.25) is 0 Å². The first kappa shape index (κ1) is 10.9. The Hall–Kier alpha value is -1.58. The molecule has 0 atom stereocenters. The molecule has 0 heterocycles. The summed E-state index contributed by atoms with van der Waals surface area (Å²) in [5, 5.41) is 18.6. The highest BCUT2D eigenvalue weighted by Gasteiger charge is 2.48. The van der Waals surface area contributed by atoms with Gasteiger partial charge >= 0.3 is 5.97 Å². The highest BCUT2D eigenvalue weighted by atomic mass is 19.1. The SMILES string of the molecule is Cc1cc(O)cc(C2(C(=O)O)CCC2)c1F. The van der Waals surface area contributed by atoms with Crippen molar-refractivity contribution in [1.29, 1.82) is 0 Å². The van der Waals surface area contributed by atoms with E-state index in [9.17, 15) is 19.4 Å². The molecular formula is C12H13FO3. The van der Waals surface area contributed by atoms with E-state index in [1.165, 1.54) is 19.1 Å². The number of rotatable bonds is 2. The molecule has 2 rings (SSSR count). The van der Waals surface area contributed by atoms with E-state index >= 15 is 0 Å². The van der Waals surface area contributed by atoms with Gasteiger partial charge in [0, 0.05) is 5.56 Å². The fourth-order valence-corrected chi connectivity index (χ4v) is 2.23. The number of benzene rings is 1. The van der Waals surface area contributed by atoms with Crippen LogP contribution in [0.25, 0.3) is 0 Å². The van der Waals surface area contributed by atoms with Crippen molar-refractivity contribution in [3.8, 4) is 5.75 Å². The van der Waals surface area contributed by atoms with Crippen LogP contribution in [-0.2, 0) is 10.2 Å². The van der Waals surface area contributed by atoms with E-state index in [0.717, 1.165) is 6.42 Å². The Kier molecular flexibility index (Phi) is 2.37. The molecule has 0 spiro atoms. The van der Waals surface area contributed by atoms with E-state index in [-0.39, 0.29) is 16.9 Å². The van der Waals surface area contributed by atoms with Crippen molar-refractivity contribution in [3.05, 3.63) is 29.1 Å². The predicted molar refractivity (Wildman–Crippen MR) is 56.0 cm³/mol. The van der Waals surface area contributed by atoms with Gasteiger partial charge in [0.25, 0.3) is 0 Å². The number of aryl methyl sites for hydroxylation is 1. The molecule has 3 nitrogen and oxygen atoms in total. The minimum atomic E-state index is -1.13. The molecule has 0 unspecified atom stereocenters. The summed E-state index contributed by atoms with van der Waals surface area (Å²) in [5.41, 5.74) is -0.737. The van der Waals surface area contributed by atoms with Crippen LogP contribution < -0.4 is 0 Å². The van der Waals surface area contributed by atoms with Gasteiger partial charge in [-0.1, -0.05) is 6.42 Å². The number of halogens is 1. The summed E-state index contributed by atoms with van der Waals surface area (Å²) >= 11 is 0. The van der Waals surface area contributed by atoms with Crippen LogP contribution in [0.5, 0.6) is 5.75 Å². The third-order valence-corrected chi connectivity index (χ3v) is 3.37. The summed E-state index contributed by atoms with van der Waals surface area (Å²) in [6.45, 7) is 1.52. The van der Waals surface area contributed by atoms with Gasteiger partial charge in [-0.05, 0) is 37.5 Å². The molecule has 0 bridgehead atoms. The molecular weight excluding hydrogens is 211 g/mol. The first-order valence-electron chi connectivity index (χ1n) is 5.20. The highest BCUT2D eigenvalue weighted by molar-refractivity contribution is 5.83. The van der Waals surface area contributed by atoms with Crippen LogP contribution in [0.4, 0.5) is 4.39 Å². The van der Waals surface area contributed by atoms with Crippen LogP contribution in [0, 0.1) is 12.7 Å². The van der Waals surface area contributed by atoms with Crippen molar-refractivity contribution < 1.29 is 19.4 Å². The van der Waals surface area contributed by atoms with Crippen molar-refractivity contribution in [2.24, 2.45) is 0 Å². The lowest BCUT2D eigenvalue weighted by Gasteiger charge is -2.38. The summed E-state index contributed by atoms with van der Waals surface area (Å²) in [6.07, 6.45) is 1.64. The number of hydrogen-bond donors (Lipinski definition) is 2. The van der Waals surface area contributed by atoms with Crippen LogP contribution in [0.1, 0.15) is 30.4 Å². The van der Waals surface area contributed by atoms with Crippen molar-refractivity contribution in [3.63, 3.8) is 0 Å². The smallest absolute Gasteiger partial charge is 0.314 e. The maximum Gasteiger partial charge on any atom is 0.314 e. The Morgan fingerprint density at radius 3 is 2.50 bits per heavy atom. The number of hydrogen-bond acceptors (Lipinski definition) is 2. The number of phenols is 1. The second kappa shape index (κ2) is 3.47. The van der Waals surface area contributed by atoms with E-state index in [1.807, 2.05) is 0 Å². The Labute approximate surface area is 92.5 Å². The molecule has 1 saturated carbocycles. The number of carbonyl (C=O) groups is 1. The molecule has 1 aliphatic rings. The zero-order valence-corrected chi connectivity index (χ0v) is 8.96. The molecule has 2 N–H and O–H groups in total. The van der Waals surface area contributed by atoms with Crippen molar-refractivity contribution in [1.82, 2.24) is 0 Å². The normalized spacial score (nSPS) is 17.9. The van der Waals surface area contributed by atoms with Gasteiger partial charge in [0.05, 0.1) is 5.41 Å².